The number of ether oxygens (including phenoxy) is 1. The predicted molar refractivity (Wildman–Crippen MR) is 93.3 cm³/mol. The fraction of sp³-hybridized carbons (Fsp3) is 0.952. The summed E-state index contributed by atoms with van der Waals surface area (Å²) in [5, 5.41) is 10.5. The summed E-state index contributed by atoms with van der Waals surface area (Å²) in [7, 11) is 0. The van der Waals surface area contributed by atoms with Crippen LogP contribution in [-0.4, -0.2) is 23.3 Å². The highest BCUT2D eigenvalue weighted by Gasteiger charge is 2.60. The lowest BCUT2D eigenvalue weighted by atomic mass is 9.45. The van der Waals surface area contributed by atoms with Crippen molar-refractivity contribution >= 4 is 5.97 Å². The number of rotatable bonds is 1. The summed E-state index contributed by atoms with van der Waals surface area (Å²) in [6.07, 6.45) is 10.8. The number of aliphatic hydroxyl groups excluding tert-OH is 1. The molecule has 0 aromatic rings. The summed E-state index contributed by atoms with van der Waals surface area (Å²) >= 11 is 0. The lowest BCUT2D eigenvalue weighted by Crippen LogP contribution is -2.54. The number of fused-ring (bicyclic) bond motifs is 5. The Morgan fingerprint density at radius 3 is 2.42 bits per heavy atom. The monoisotopic (exact) mass is 334 g/mol. The van der Waals surface area contributed by atoms with Crippen LogP contribution >= 0.6 is 0 Å². The molecule has 0 aliphatic heterocycles. The molecule has 4 rings (SSSR count). The van der Waals surface area contributed by atoms with Gasteiger partial charge in [0.25, 0.3) is 0 Å². The van der Waals surface area contributed by atoms with Gasteiger partial charge < -0.3 is 9.84 Å². The highest BCUT2D eigenvalue weighted by molar-refractivity contribution is 5.66. The van der Waals surface area contributed by atoms with Gasteiger partial charge in [-0.25, -0.2) is 0 Å². The molecule has 136 valence electrons. The number of aliphatic hydroxyl groups is 1. The Morgan fingerprint density at radius 2 is 1.67 bits per heavy atom. The molecule has 0 spiro atoms. The minimum absolute atomic E-state index is 0.0753. The number of hydrogen-bond acceptors (Lipinski definition) is 3. The third kappa shape index (κ3) is 2.37. The van der Waals surface area contributed by atoms with Crippen LogP contribution < -0.4 is 0 Å². The molecule has 4 fully saturated rings. The maximum atomic E-state index is 11.3. The molecule has 0 amide bonds. The van der Waals surface area contributed by atoms with E-state index in [1.54, 1.807) is 0 Å². The molecule has 4 aliphatic rings. The molecule has 1 N–H and O–H groups in total. The summed E-state index contributed by atoms with van der Waals surface area (Å²) < 4.78 is 5.55. The lowest BCUT2D eigenvalue weighted by molar-refractivity contribution is -0.161. The molecule has 4 saturated carbocycles. The maximum absolute atomic E-state index is 11.3. The van der Waals surface area contributed by atoms with Crippen LogP contribution in [0.15, 0.2) is 0 Å². The largest absolute Gasteiger partial charge is 0.463 e. The van der Waals surface area contributed by atoms with Crippen LogP contribution in [0.25, 0.3) is 0 Å². The van der Waals surface area contributed by atoms with Gasteiger partial charge in [-0.1, -0.05) is 13.8 Å². The first-order chi connectivity index (χ1) is 11.3. The first kappa shape index (κ1) is 16.9. The summed E-state index contributed by atoms with van der Waals surface area (Å²) in [5.41, 5.74) is 0.605. The van der Waals surface area contributed by atoms with Crippen LogP contribution in [0.4, 0.5) is 0 Å². The molecule has 24 heavy (non-hydrogen) atoms. The summed E-state index contributed by atoms with van der Waals surface area (Å²) in [6.45, 7) is 6.43. The van der Waals surface area contributed by atoms with Crippen molar-refractivity contribution in [3.05, 3.63) is 0 Å². The Balaban J connectivity index is 1.53. The average molecular weight is 335 g/mol. The van der Waals surface area contributed by atoms with Crippen molar-refractivity contribution in [3.8, 4) is 0 Å². The Kier molecular flexibility index (Phi) is 4.02. The van der Waals surface area contributed by atoms with Crippen LogP contribution in [0.5, 0.6) is 0 Å². The second kappa shape index (κ2) is 5.72. The smallest absolute Gasteiger partial charge is 0.302 e. The number of carbonyl (C=O) groups is 1. The van der Waals surface area contributed by atoms with Gasteiger partial charge in [-0.3, -0.25) is 4.79 Å². The van der Waals surface area contributed by atoms with E-state index in [0.717, 1.165) is 37.0 Å². The van der Waals surface area contributed by atoms with Crippen LogP contribution in [0.3, 0.4) is 0 Å². The highest BCUT2D eigenvalue weighted by Crippen LogP contribution is 2.66. The fourth-order valence-electron chi connectivity index (χ4n) is 7.53. The third-order valence-corrected chi connectivity index (χ3v) is 8.90. The van der Waals surface area contributed by atoms with E-state index in [-0.39, 0.29) is 23.6 Å². The number of esters is 1. The Labute approximate surface area is 146 Å². The summed E-state index contributed by atoms with van der Waals surface area (Å²) in [6, 6.07) is 0. The molecule has 4 aliphatic carbocycles. The zero-order valence-corrected chi connectivity index (χ0v) is 15.6. The molecule has 0 radical (unpaired) electrons. The maximum Gasteiger partial charge on any atom is 0.302 e. The second-order valence-corrected chi connectivity index (χ2v) is 9.80. The van der Waals surface area contributed by atoms with Gasteiger partial charge in [-0.05, 0) is 92.3 Å². The predicted octanol–water partition coefficient (Wildman–Crippen LogP) is 4.32. The molecular formula is C21H34O3. The number of hydrogen-bond donors (Lipinski definition) is 1. The van der Waals surface area contributed by atoms with Crippen LogP contribution in [-0.2, 0) is 9.53 Å². The van der Waals surface area contributed by atoms with Crippen molar-refractivity contribution in [2.24, 2.45) is 34.5 Å². The molecule has 0 unspecified atom stereocenters. The van der Waals surface area contributed by atoms with E-state index >= 15 is 0 Å². The summed E-state index contributed by atoms with van der Waals surface area (Å²) in [5.74, 6) is 2.96. The van der Waals surface area contributed by atoms with E-state index in [0.29, 0.717) is 11.3 Å². The van der Waals surface area contributed by atoms with Gasteiger partial charge >= 0.3 is 5.97 Å². The lowest BCUT2D eigenvalue weighted by Gasteiger charge is -2.60. The zero-order chi connectivity index (χ0) is 17.1. The van der Waals surface area contributed by atoms with Crippen LogP contribution in [0.2, 0.25) is 0 Å². The Morgan fingerprint density at radius 1 is 0.958 bits per heavy atom. The standard InChI is InChI=1S/C21H34O3/c1-13(22)24-15-8-10-20(2)14(12-15)4-5-16-17-6-7-19(23)21(17,3)11-9-18(16)20/h14-19,23H,4-12H2,1-3H3/t14-,15-,16+,17+,18+,19-,20-,21-/m0/s1. The van der Waals surface area contributed by atoms with Gasteiger partial charge in [0.15, 0.2) is 0 Å². The van der Waals surface area contributed by atoms with E-state index in [9.17, 15) is 9.90 Å². The normalized spacial score (nSPS) is 53.7. The molecule has 8 atom stereocenters. The molecule has 0 aromatic heterocycles. The average Bonchev–Trinajstić information content (AvgIpc) is 2.83. The SMILES string of the molecule is CC(=O)O[C@H]1CC[C@@]2(C)[C@@H](CC[C@H]3[C@H]2CC[C@@]2(C)[C@@H]3CC[C@@H]2O)C1. The second-order valence-electron chi connectivity index (χ2n) is 9.80. The number of carbonyl (C=O) groups excluding carboxylic acids is 1. The highest BCUT2D eigenvalue weighted by atomic mass is 16.5. The molecule has 0 aromatic carbocycles. The van der Waals surface area contributed by atoms with Crippen molar-refractivity contribution in [1.29, 1.82) is 0 Å². The Hall–Kier alpha value is -0.570. The van der Waals surface area contributed by atoms with Gasteiger partial charge in [0, 0.05) is 6.92 Å². The van der Waals surface area contributed by atoms with E-state index in [4.69, 9.17) is 4.74 Å². The third-order valence-electron chi connectivity index (χ3n) is 8.90. The van der Waals surface area contributed by atoms with Gasteiger partial charge in [-0.2, -0.15) is 0 Å². The van der Waals surface area contributed by atoms with Crippen LogP contribution in [0, 0.1) is 34.5 Å². The van der Waals surface area contributed by atoms with E-state index < -0.39 is 0 Å². The minimum Gasteiger partial charge on any atom is -0.463 e. The van der Waals surface area contributed by atoms with Gasteiger partial charge in [0.1, 0.15) is 6.10 Å². The molecule has 0 bridgehead atoms. The van der Waals surface area contributed by atoms with E-state index in [2.05, 4.69) is 13.8 Å². The first-order valence-corrected chi connectivity index (χ1v) is 10.2. The zero-order valence-electron chi connectivity index (χ0n) is 15.6. The van der Waals surface area contributed by atoms with Crippen molar-refractivity contribution in [1.82, 2.24) is 0 Å². The summed E-state index contributed by atoms with van der Waals surface area (Å²) in [4.78, 5) is 11.3. The topological polar surface area (TPSA) is 46.5 Å². The van der Waals surface area contributed by atoms with Gasteiger partial charge in [-0.15, -0.1) is 0 Å². The Bertz CT molecular complexity index is 517. The van der Waals surface area contributed by atoms with Gasteiger partial charge in [0.05, 0.1) is 6.10 Å². The van der Waals surface area contributed by atoms with Gasteiger partial charge in [0.2, 0.25) is 0 Å². The van der Waals surface area contributed by atoms with E-state index in [1.807, 2.05) is 0 Å². The molecule has 0 heterocycles. The molecule has 3 heteroatoms. The fourth-order valence-corrected chi connectivity index (χ4v) is 7.53. The quantitative estimate of drug-likeness (QED) is 0.726. The molecular weight excluding hydrogens is 300 g/mol. The van der Waals surface area contributed by atoms with E-state index in [1.165, 1.54) is 45.4 Å². The van der Waals surface area contributed by atoms with Crippen molar-refractivity contribution in [2.75, 3.05) is 0 Å². The van der Waals surface area contributed by atoms with Crippen LogP contribution in [0.1, 0.15) is 78.6 Å². The van der Waals surface area contributed by atoms with Crippen molar-refractivity contribution < 1.29 is 14.6 Å². The molecule has 3 nitrogen and oxygen atoms in total. The first-order valence-electron chi connectivity index (χ1n) is 10.2. The van der Waals surface area contributed by atoms with Crippen molar-refractivity contribution in [3.63, 3.8) is 0 Å². The molecule has 0 saturated heterocycles. The van der Waals surface area contributed by atoms with Crippen molar-refractivity contribution in [2.45, 2.75) is 90.8 Å². The minimum atomic E-state index is -0.120.